The average Bonchev–Trinajstić information content (AvgIpc) is 2.75. The summed E-state index contributed by atoms with van der Waals surface area (Å²) in [7, 11) is -7.72. The number of hydrogen-bond acceptors (Lipinski definition) is 6. The normalized spacial score (nSPS) is 19.8. The SMILES string of the molecule is CC1Oc2ccc(S(=O)(=O)Nc3cccc(S(=O)(=O)N4CCCCC4)c3)cc2NC1=O. The van der Waals surface area contributed by atoms with Gasteiger partial charge in [-0.25, -0.2) is 16.8 Å². The summed E-state index contributed by atoms with van der Waals surface area (Å²) < 4.78 is 60.8. The van der Waals surface area contributed by atoms with E-state index in [1.807, 2.05) is 0 Å². The standard InChI is InChI=1S/C20H23N3O6S2/c1-14-20(24)21-18-13-16(8-9-19(18)29-14)30(25,26)22-15-6-5-7-17(12-15)31(27,28)23-10-3-2-4-11-23/h5-9,12-14,22H,2-4,10-11H2,1H3,(H,21,24). The van der Waals surface area contributed by atoms with E-state index >= 15 is 0 Å². The summed E-state index contributed by atoms with van der Waals surface area (Å²) in [6.45, 7) is 2.51. The highest BCUT2D eigenvalue weighted by Gasteiger charge is 2.28. The van der Waals surface area contributed by atoms with Gasteiger partial charge in [-0.15, -0.1) is 0 Å². The average molecular weight is 466 g/mol. The maximum atomic E-state index is 12.9. The van der Waals surface area contributed by atoms with Crippen molar-refractivity contribution >= 4 is 37.3 Å². The molecule has 4 rings (SSSR count). The first kappa shape index (κ1) is 21.6. The van der Waals surface area contributed by atoms with Gasteiger partial charge in [0, 0.05) is 13.1 Å². The minimum atomic E-state index is -4.03. The molecule has 1 unspecified atom stereocenters. The minimum Gasteiger partial charge on any atom is -0.479 e. The molecular formula is C20H23N3O6S2. The number of piperidine rings is 1. The number of nitrogens with zero attached hydrogens (tertiary/aromatic N) is 1. The molecule has 0 aromatic heterocycles. The molecule has 1 fully saturated rings. The molecule has 0 saturated carbocycles. The van der Waals surface area contributed by atoms with E-state index in [9.17, 15) is 21.6 Å². The van der Waals surface area contributed by atoms with Crippen LogP contribution in [0.3, 0.4) is 0 Å². The fourth-order valence-corrected chi connectivity index (χ4v) is 6.18. The predicted octanol–water partition coefficient (Wildman–Crippen LogP) is 2.38. The molecule has 2 aliphatic rings. The van der Waals surface area contributed by atoms with Crippen molar-refractivity contribution in [2.75, 3.05) is 23.1 Å². The summed E-state index contributed by atoms with van der Waals surface area (Å²) in [6, 6.07) is 9.88. The summed E-state index contributed by atoms with van der Waals surface area (Å²) >= 11 is 0. The Bertz CT molecular complexity index is 1220. The van der Waals surface area contributed by atoms with Crippen molar-refractivity contribution in [1.82, 2.24) is 4.31 Å². The van der Waals surface area contributed by atoms with Crippen molar-refractivity contribution in [2.45, 2.75) is 42.1 Å². The Hall–Kier alpha value is -2.63. The fraction of sp³-hybridized carbons (Fsp3) is 0.350. The molecule has 166 valence electrons. The van der Waals surface area contributed by atoms with Crippen LogP contribution in [0.5, 0.6) is 5.75 Å². The number of amides is 1. The Labute approximate surface area is 181 Å². The number of benzene rings is 2. The van der Waals surface area contributed by atoms with Gasteiger partial charge in [0.2, 0.25) is 10.0 Å². The van der Waals surface area contributed by atoms with Gasteiger partial charge >= 0.3 is 0 Å². The molecule has 0 aliphatic carbocycles. The van der Waals surface area contributed by atoms with Crippen LogP contribution in [-0.4, -0.2) is 46.2 Å². The molecule has 1 saturated heterocycles. The molecule has 2 aromatic carbocycles. The van der Waals surface area contributed by atoms with Crippen molar-refractivity contribution in [3.05, 3.63) is 42.5 Å². The van der Waals surface area contributed by atoms with Gasteiger partial charge in [-0.05, 0) is 56.2 Å². The van der Waals surface area contributed by atoms with E-state index in [-0.39, 0.29) is 27.1 Å². The van der Waals surface area contributed by atoms with E-state index in [2.05, 4.69) is 10.0 Å². The van der Waals surface area contributed by atoms with E-state index in [0.717, 1.165) is 19.3 Å². The van der Waals surface area contributed by atoms with E-state index in [4.69, 9.17) is 4.74 Å². The molecule has 2 aromatic rings. The first-order valence-electron chi connectivity index (χ1n) is 9.91. The van der Waals surface area contributed by atoms with Crippen molar-refractivity contribution in [2.24, 2.45) is 0 Å². The van der Waals surface area contributed by atoms with Crippen LogP contribution in [0.2, 0.25) is 0 Å². The third-order valence-electron chi connectivity index (χ3n) is 5.23. The lowest BCUT2D eigenvalue weighted by Crippen LogP contribution is -2.35. The number of ether oxygens (including phenoxy) is 1. The number of rotatable bonds is 5. The summed E-state index contributed by atoms with van der Waals surface area (Å²) in [4.78, 5) is 11.8. The number of nitrogens with one attached hydrogen (secondary N) is 2. The number of hydrogen-bond donors (Lipinski definition) is 2. The topological polar surface area (TPSA) is 122 Å². The van der Waals surface area contributed by atoms with Crippen LogP contribution in [0.4, 0.5) is 11.4 Å². The van der Waals surface area contributed by atoms with Crippen LogP contribution in [0.15, 0.2) is 52.3 Å². The van der Waals surface area contributed by atoms with Crippen molar-refractivity contribution in [1.29, 1.82) is 0 Å². The number of carbonyl (C=O) groups excluding carboxylic acids is 1. The summed E-state index contributed by atoms with van der Waals surface area (Å²) in [5.74, 6) is 0.00583. The Morgan fingerprint density at radius 2 is 1.74 bits per heavy atom. The molecule has 11 heteroatoms. The number of sulfonamides is 2. The second-order valence-electron chi connectivity index (χ2n) is 7.51. The lowest BCUT2D eigenvalue weighted by molar-refractivity contribution is -0.122. The molecule has 9 nitrogen and oxygen atoms in total. The van der Waals surface area contributed by atoms with Gasteiger partial charge in [-0.3, -0.25) is 9.52 Å². The molecule has 31 heavy (non-hydrogen) atoms. The Kier molecular flexibility index (Phi) is 5.67. The van der Waals surface area contributed by atoms with E-state index in [0.29, 0.717) is 18.8 Å². The number of anilines is 2. The minimum absolute atomic E-state index is 0.0368. The molecule has 2 aliphatic heterocycles. The highest BCUT2D eigenvalue weighted by Crippen LogP contribution is 2.32. The Morgan fingerprint density at radius 1 is 1.00 bits per heavy atom. The first-order valence-corrected chi connectivity index (χ1v) is 12.8. The first-order chi connectivity index (χ1) is 14.7. The summed E-state index contributed by atoms with van der Waals surface area (Å²) in [5.41, 5.74) is 0.386. The van der Waals surface area contributed by atoms with Gasteiger partial charge < -0.3 is 10.1 Å². The van der Waals surface area contributed by atoms with Gasteiger partial charge in [0.25, 0.3) is 15.9 Å². The van der Waals surface area contributed by atoms with Gasteiger partial charge in [0.15, 0.2) is 6.10 Å². The highest BCUT2D eigenvalue weighted by molar-refractivity contribution is 7.92. The Balaban J connectivity index is 1.59. The lowest BCUT2D eigenvalue weighted by Gasteiger charge is -2.26. The van der Waals surface area contributed by atoms with Crippen LogP contribution in [0.1, 0.15) is 26.2 Å². The molecule has 2 heterocycles. The highest BCUT2D eigenvalue weighted by atomic mass is 32.2. The maximum Gasteiger partial charge on any atom is 0.265 e. The lowest BCUT2D eigenvalue weighted by atomic mass is 10.2. The Morgan fingerprint density at radius 3 is 2.48 bits per heavy atom. The number of fused-ring (bicyclic) bond motifs is 1. The van der Waals surface area contributed by atoms with Crippen LogP contribution >= 0.6 is 0 Å². The molecule has 0 radical (unpaired) electrons. The largest absolute Gasteiger partial charge is 0.479 e. The van der Waals surface area contributed by atoms with Gasteiger partial charge in [-0.2, -0.15) is 4.31 Å². The van der Waals surface area contributed by atoms with Gasteiger partial charge in [0.05, 0.1) is 21.2 Å². The van der Waals surface area contributed by atoms with Crippen molar-refractivity contribution in [3.8, 4) is 5.75 Å². The third-order valence-corrected chi connectivity index (χ3v) is 8.50. The summed E-state index contributed by atoms with van der Waals surface area (Å²) in [5, 5.41) is 2.61. The van der Waals surface area contributed by atoms with Gasteiger partial charge in [0.1, 0.15) is 5.75 Å². The summed E-state index contributed by atoms with van der Waals surface area (Å²) in [6.07, 6.45) is 1.95. The van der Waals surface area contributed by atoms with Crippen LogP contribution in [0.25, 0.3) is 0 Å². The van der Waals surface area contributed by atoms with E-state index < -0.39 is 26.2 Å². The van der Waals surface area contributed by atoms with Crippen LogP contribution < -0.4 is 14.8 Å². The molecule has 0 spiro atoms. The second-order valence-corrected chi connectivity index (χ2v) is 11.1. The molecule has 0 bridgehead atoms. The monoisotopic (exact) mass is 465 g/mol. The molecule has 2 N–H and O–H groups in total. The quantitative estimate of drug-likeness (QED) is 0.699. The van der Waals surface area contributed by atoms with E-state index in [1.54, 1.807) is 6.92 Å². The predicted molar refractivity (Wildman–Crippen MR) is 115 cm³/mol. The van der Waals surface area contributed by atoms with Crippen LogP contribution in [-0.2, 0) is 24.8 Å². The van der Waals surface area contributed by atoms with E-state index in [1.165, 1.54) is 46.8 Å². The number of carbonyl (C=O) groups is 1. The van der Waals surface area contributed by atoms with Crippen molar-refractivity contribution in [3.63, 3.8) is 0 Å². The third kappa shape index (κ3) is 4.39. The molecule has 1 atom stereocenters. The maximum absolute atomic E-state index is 12.9. The zero-order valence-electron chi connectivity index (χ0n) is 16.9. The zero-order valence-corrected chi connectivity index (χ0v) is 18.5. The molecular weight excluding hydrogens is 442 g/mol. The van der Waals surface area contributed by atoms with Gasteiger partial charge in [-0.1, -0.05) is 12.5 Å². The van der Waals surface area contributed by atoms with Crippen LogP contribution in [0, 0.1) is 0 Å². The smallest absolute Gasteiger partial charge is 0.265 e. The molecule has 1 amide bonds. The fourth-order valence-electron chi connectivity index (χ4n) is 3.54. The second kappa shape index (κ2) is 8.13. The van der Waals surface area contributed by atoms with Crippen molar-refractivity contribution < 1.29 is 26.4 Å². The zero-order chi connectivity index (χ0) is 22.2.